The molecule has 0 aliphatic rings. The van der Waals surface area contributed by atoms with Gasteiger partial charge in [0.05, 0.1) is 19.0 Å². The summed E-state index contributed by atoms with van der Waals surface area (Å²) in [7, 11) is 1.66. The minimum Gasteiger partial charge on any atom is -0.497 e. The van der Waals surface area contributed by atoms with E-state index in [1.807, 2.05) is 59.2 Å². The predicted octanol–water partition coefficient (Wildman–Crippen LogP) is 6.10. The molecule has 0 unspecified atom stereocenters. The molecule has 2 aromatic heterocycles. The van der Waals surface area contributed by atoms with E-state index in [2.05, 4.69) is 37.3 Å². The van der Waals surface area contributed by atoms with Crippen molar-refractivity contribution in [1.82, 2.24) is 14.6 Å². The largest absolute Gasteiger partial charge is 0.497 e. The minimum absolute atomic E-state index is 0.111. The van der Waals surface area contributed by atoms with Gasteiger partial charge in [-0.3, -0.25) is 0 Å². The fraction of sp³-hybridized carbons (Fsp3) is 0.217. The third kappa shape index (κ3) is 3.91. The van der Waals surface area contributed by atoms with Crippen LogP contribution in [0.25, 0.3) is 16.8 Å². The molecule has 0 saturated carbocycles. The van der Waals surface area contributed by atoms with Crippen LogP contribution in [-0.4, -0.2) is 21.7 Å². The highest BCUT2D eigenvalue weighted by Gasteiger charge is 2.20. The Kier molecular flexibility index (Phi) is 4.92. The number of aromatic nitrogens is 3. The number of hydrogen-bond donors (Lipinski definition) is 1. The van der Waals surface area contributed by atoms with Crippen LogP contribution in [-0.2, 0) is 5.41 Å². The molecule has 4 rings (SSSR count). The van der Waals surface area contributed by atoms with E-state index >= 15 is 0 Å². The van der Waals surface area contributed by atoms with Crippen LogP contribution in [0.15, 0.2) is 60.8 Å². The van der Waals surface area contributed by atoms with Gasteiger partial charge in [0.15, 0.2) is 5.65 Å². The number of benzene rings is 2. The number of fused-ring (bicyclic) bond motifs is 1. The summed E-state index contributed by atoms with van der Waals surface area (Å²) in [6.07, 6.45) is 1.84. The third-order valence-electron chi connectivity index (χ3n) is 4.76. The van der Waals surface area contributed by atoms with E-state index in [0.29, 0.717) is 5.02 Å². The summed E-state index contributed by atoms with van der Waals surface area (Å²) in [6, 6.07) is 17.6. The fourth-order valence-corrected chi connectivity index (χ4v) is 3.22. The third-order valence-corrected chi connectivity index (χ3v) is 5.01. The second-order valence-electron chi connectivity index (χ2n) is 7.93. The molecular weight excluding hydrogens is 384 g/mol. The predicted molar refractivity (Wildman–Crippen MR) is 118 cm³/mol. The molecule has 0 bridgehead atoms. The van der Waals surface area contributed by atoms with Crippen LogP contribution in [0.3, 0.4) is 0 Å². The summed E-state index contributed by atoms with van der Waals surface area (Å²) in [5, 5.41) is 8.78. The van der Waals surface area contributed by atoms with E-state index < -0.39 is 0 Å². The molecule has 6 heteroatoms. The monoisotopic (exact) mass is 406 g/mol. The highest BCUT2D eigenvalue weighted by molar-refractivity contribution is 6.30. The SMILES string of the molecule is COc1ccc(Nc2cc(C(C)(C)C)nc3c(-c4ccc(Cl)cc4)cnn23)cc1. The molecule has 29 heavy (non-hydrogen) atoms. The maximum absolute atomic E-state index is 6.06. The van der Waals surface area contributed by atoms with E-state index in [1.54, 1.807) is 7.11 Å². The van der Waals surface area contributed by atoms with Gasteiger partial charge in [-0.05, 0) is 42.0 Å². The van der Waals surface area contributed by atoms with Crippen molar-refractivity contribution < 1.29 is 4.74 Å². The maximum atomic E-state index is 6.06. The summed E-state index contributed by atoms with van der Waals surface area (Å²) < 4.78 is 7.09. The standard InChI is InChI=1S/C23H23ClN4O/c1-23(2,3)20-13-21(26-17-9-11-18(29-4)12-10-17)28-22(27-20)19(14-25-28)15-5-7-16(24)8-6-15/h5-14,26H,1-4H3. The average Bonchev–Trinajstić information content (AvgIpc) is 3.13. The number of hydrogen-bond acceptors (Lipinski definition) is 4. The van der Waals surface area contributed by atoms with Crippen molar-refractivity contribution in [2.24, 2.45) is 0 Å². The zero-order valence-electron chi connectivity index (χ0n) is 16.9. The molecular formula is C23H23ClN4O. The van der Waals surface area contributed by atoms with Gasteiger partial charge in [-0.15, -0.1) is 0 Å². The number of rotatable bonds is 4. The van der Waals surface area contributed by atoms with Crippen LogP contribution in [0.4, 0.5) is 11.5 Å². The molecule has 1 N–H and O–H groups in total. The van der Waals surface area contributed by atoms with Crippen LogP contribution in [0.5, 0.6) is 5.75 Å². The van der Waals surface area contributed by atoms with Crippen molar-refractivity contribution in [3.8, 4) is 16.9 Å². The summed E-state index contributed by atoms with van der Waals surface area (Å²) in [5.41, 5.74) is 4.61. The molecule has 5 nitrogen and oxygen atoms in total. The number of halogens is 1. The lowest BCUT2D eigenvalue weighted by Gasteiger charge is -2.20. The quantitative estimate of drug-likeness (QED) is 0.445. The first-order valence-electron chi connectivity index (χ1n) is 9.41. The topological polar surface area (TPSA) is 51.5 Å². The summed E-state index contributed by atoms with van der Waals surface area (Å²) in [6.45, 7) is 6.46. The molecule has 0 radical (unpaired) electrons. The van der Waals surface area contributed by atoms with Gasteiger partial charge in [-0.1, -0.05) is 44.5 Å². The zero-order chi connectivity index (χ0) is 20.6. The summed E-state index contributed by atoms with van der Waals surface area (Å²) >= 11 is 6.06. The Balaban J connectivity index is 1.85. The van der Waals surface area contributed by atoms with Gasteiger partial charge in [0.1, 0.15) is 11.6 Å². The molecule has 0 atom stereocenters. The Bertz CT molecular complexity index is 1140. The lowest BCUT2D eigenvalue weighted by molar-refractivity contribution is 0.415. The van der Waals surface area contributed by atoms with Gasteiger partial charge in [0, 0.05) is 27.8 Å². The van der Waals surface area contributed by atoms with E-state index in [-0.39, 0.29) is 5.41 Å². The van der Waals surface area contributed by atoms with Crippen molar-refractivity contribution in [1.29, 1.82) is 0 Å². The molecule has 2 aromatic carbocycles. The Hall–Kier alpha value is -3.05. The Morgan fingerprint density at radius 3 is 2.31 bits per heavy atom. The summed E-state index contributed by atoms with van der Waals surface area (Å²) in [5.74, 6) is 1.67. The lowest BCUT2D eigenvalue weighted by atomic mass is 9.92. The van der Waals surface area contributed by atoms with Gasteiger partial charge in [-0.25, -0.2) is 4.98 Å². The van der Waals surface area contributed by atoms with Gasteiger partial charge < -0.3 is 10.1 Å². The fourth-order valence-electron chi connectivity index (χ4n) is 3.09. The van der Waals surface area contributed by atoms with Crippen molar-refractivity contribution in [3.05, 3.63) is 71.5 Å². The lowest BCUT2D eigenvalue weighted by Crippen LogP contribution is -2.16. The van der Waals surface area contributed by atoms with Gasteiger partial charge in [-0.2, -0.15) is 9.61 Å². The first kappa shape index (κ1) is 19.3. The average molecular weight is 407 g/mol. The van der Waals surface area contributed by atoms with Crippen molar-refractivity contribution in [2.45, 2.75) is 26.2 Å². The molecule has 2 heterocycles. The van der Waals surface area contributed by atoms with Crippen LogP contribution in [0.1, 0.15) is 26.5 Å². The van der Waals surface area contributed by atoms with Crippen molar-refractivity contribution in [3.63, 3.8) is 0 Å². The molecule has 0 amide bonds. The first-order valence-corrected chi connectivity index (χ1v) is 9.79. The number of ether oxygens (including phenoxy) is 1. The Morgan fingerprint density at radius 1 is 1.00 bits per heavy atom. The minimum atomic E-state index is -0.111. The highest BCUT2D eigenvalue weighted by atomic mass is 35.5. The smallest absolute Gasteiger partial charge is 0.165 e. The second kappa shape index (κ2) is 7.41. The van der Waals surface area contributed by atoms with Crippen LogP contribution < -0.4 is 10.1 Å². The summed E-state index contributed by atoms with van der Waals surface area (Å²) in [4.78, 5) is 4.94. The Labute approximate surface area is 175 Å². The molecule has 0 spiro atoms. The molecule has 0 aliphatic heterocycles. The van der Waals surface area contributed by atoms with E-state index in [9.17, 15) is 0 Å². The molecule has 4 aromatic rings. The maximum Gasteiger partial charge on any atom is 0.165 e. The molecule has 148 valence electrons. The van der Waals surface area contributed by atoms with Crippen LogP contribution >= 0.6 is 11.6 Å². The van der Waals surface area contributed by atoms with Crippen LogP contribution in [0, 0.1) is 0 Å². The highest BCUT2D eigenvalue weighted by Crippen LogP contribution is 2.31. The number of nitrogens with zero attached hydrogens (tertiary/aromatic N) is 3. The molecule has 0 saturated heterocycles. The van der Waals surface area contributed by atoms with Crippen molar-refractivity contribution >= 4 is 28.8 Å². The zero-order valence-corrected chi connectivity index (χ0v) is 17.7. The first-order chi connectivity index (χ1) is 13.8. The number of anilines is 2. The van der Waals surface area contributed by atoms with E-state index in [1.165, 1.54) is 0 Å². The number of nitrogens with one attached hydrogen (secondary N) is 1. The van der Waals surface area contributed by atoms with Gasteiger partial charge >= 0.3 is 0 Å². The molecule has 0 aliphatic carbocycles. The Morgan fingerprint density at radius 2 is 1.69 bits per heavy atom. The van der Waals surface area contributed by atoms with E-state index in [4.69, 9.17) is 21.3 Å². The normalized spacial score (nSPS) is 11.6. The molecule has 0 fully saturated rings. The van der Waals surface area contributed by atoms with Gasteiger partial charge in [0.25, 0.3) is 0 Å². The number of methoxy groups -OCH3 is 1. The second-order valence-corrected chi connectivity index (χ2v) is 8.37. The van der Waals surface area contributed by atoms with Gasteiger partial charge in [0.2, 0.25) is 0 Å². The van der Waals surface area contributed by atoms with E-state index in [0.717, 1.165) is 39.7 Å². The van der Waals surface area contributed by atoms with Crippen LogP contribution in [0.2, 0.25) is 5.02 Å². The van der Waals surface area contributed by atoms with Crippen molar-refractivity contribution in [2.75, 3.05) is 12.4 Å².